The van der Waals surface area contributed by atoms with E-state index in [1.165, 1.54) is 4.31 Å². The summed E-state index contributed by atoms with van der Waals surface area (Å²) in [7, 11) is -1.59. The van der Waals surface area contributed by atoms with Crippen molar-refractivity contribution in [2.75, 3.05) is 20.3 Å². The van der Waals surface area contributed by atoms with Crippen LogP contribution < -0.4 is 0 Å². The second kappa shape index (κ2) is 5.68. The lowest BCUT2D eigenvalue weighted by atomic mass is 10.4. The maximum absolute atomic E-state index is 11.8. The zero-order valence-corrected chi connectivity index (χ0v) is 10.5. The summed E-state index contributed by atoms with van der Waals surface area (Å²) < 4.78 is 30.1. The minimum atomic E-state index is -3.16. The Kier molecular flexibility index (Phi) is 5.63. The average molecular weight is 223 g/mol. The Bertz CT molecular complexity index is 247. The van der Waals surface area contributed by atoms with Crippen molar-refractivity contribution >= 4 is 10.0 Å². The molecule has 4 nitrogen and oxygen atoms in total. The predicted molar refractivity (Wildman–Crippen MR) is 57.8 cm³/mol. The lowest BCUT2D eigenvalue weighted by Crippen LogP contribution is -2.42. The molecule has 0 aliphatic rings. The van der Waals surface area contributed by atoms with Gasteiger partial charge in [0.1, 0.15) is 0 Å². The van der Waals surface area contributed by atoms with Crippen molar-refractivity contribution in [3.8, 4) is 0 Å². The summed E-state index contributed by atoms with van der Waals surface area (Å²) in [5.41, 5.74) is 0. The molecule has 0 radical (unpaired) electrons. The highest BCUT2D eigenvalue weighted by Crippen LogP contribution is 2.11. The van der Waals surface area contributed by atoms with E-state index in [4.69, 9.17) is 4.74 Å². The highest BCUT2D eigenvalue weighted by molar-refractivity contribution is 7.89. The normalized spacial score (nSPS) is 13.1. The molecule has 0 N–H and O–H groups in total. The van der Waals surface area contributed by atoms with Crippen molar-refractivity contribution < 1.29 is 13.2 Å². The smallest absolute Gasteiger partial charge is 0.216 e. The molecular weight excluding hydrogens is 202 g/mol. The summed E-state index contributed by atoms with van der Waals surface area (Å²) in [6, 6.07) is -0.0162. The van der Waals surface area contributed by atoms with Crippen LogP contribution in [0.2, 0.25) is 0 Å². The van der Waals surface area contributed by atoms with Crippen LogP contribution in [-0.4, -0.2) is 44.3 Å². The van der Waals surface area contributed by atoms with E-state index in [1.807, 2.05) is 13.8 Å². The molecule has 14 heavy (non-hydrogen) atoms. The van der Waals surface area contributed by atoms with Crippen molar-refractivity contribution in [2.45, 2.75) is 39.0 Å². The summed E-state index contributed by atoms with van der Waals surface area (Å²) in [4.78, 5) is 0. The van der Waals surface area contributed by atoms with Gasteiger partial charge in [0.25, 0.3) is 0 Å². The molecule has 0 aliphatic heterocycles. The molecule has 0 rings (SSSR count). The van der Waals surface area contributed by atoms with Crippen molar-refractivity contribution in [2.24, 2.45) is 0 Å². The summed E-state index contributed by atoms with van der Waals surface area (Å²) in [6.45, 7) is 7.99. The van der Waals surface area contributed by atoms with Gasteiger partial charge in [-0.15, -0.1) is 0 Å². The molecule has 0 atom stereocenters. The fourth-order valence-electron chi connectivity index (χ4n) is 1.13. The number of hydrogen-bond acceptors (Lipinski definition) is 3. The number of methoxy groups -OCH3 is 1. The molecule has 0 heterocycles. The molecule has 0 spiro atoms. The van der Waals surface area contributed by atoms with Crippen LogP contribution in [0.4, 0.5) is 0 Å². The number of rotatable bonds is 6. The molecule has 0 aliphatic carbocycles. The number of ether oxygens (including phenoxy) is 1. The van der Waals surface area contributed by atoms with Gasteiger partial charge < -0.3 is 4.74 Å². The average Bonchev–Trinajstić information content (AvgIpc) is 2.03. The van der Waals surface area contributed by atoms with Gasteiger partial charge in [-0.05, 0) is 27.7 Å². The van der Waals surface area contributed by atoms with E-state index in [0.29, 0.717) is 13.2 Å². The maximum Gasteiger partial charge on any atom is 0.216 e. The zero-order chi connectivity index (χ0) is 11.4. The third-order valence-corrected chi connectivity index (χ3v) is 4.46. The zero-order valence-electron chi connectivity index (χ0n) is 9.65. The van der Waals surface area contributed by atoms with E-state index < -0.39 is 10.0 Å². The van der Waals surface area contributed by atoms with Crippen LogP contribution in [0.5, 0.6) is 0 Å². The first-order valence-electron chi connectivity index (χ1n) is 4.83. The highest BCUT2D eigenvalue weighted by Gasteiger charge is 2.27. The van der Waals surface area contributed by atoms with E-state index in [-0.39, 0.29) is 11.3 Å². The Morgan fingerprint density at radius 3 is 2.00 bits per heavy atom. The lowest BCUT2D eigenvalue weighted by molar-refractivity contribution is 0.170. The van der Waals surface area contributed by atoms with Crippen LogP contribution >= 0.6 is 0 Å². The fourth-order valence-corrected chi connectivity index (χ4v) is 2.59. The van der Waals surface area contributed by atoms with Gasteiger partial charge in [-0.2, -0.15) is 4.31 Å². The number of nitrogens with zero attached hydrogens (tertiary/aromatic N) is 1. The van der Waals surface area contributed by atoms with E-state index in [9.17, 15) is 8.42 Å². The molecule has 0 amide bonds. The van der Waals surface area contributed by atoms with Gasteiger partial charge in [-0.25, -0.2) is 8.42 Å². The molecule has 86 valence electrons. The topological polar surface area (TPSA) is 46.6 Å². The van der Waals surface area contributed by atoms with Crippen LogP contribution in [0, 0.1) is 0 Å². The van der Waals surface area contributed by atoms with Gasteiger partial charge in [-0.3, -0.25) is 0 Å². The Balaban J connectivity index is 4.65. The minimum Gasteiger partial charge on any atom is -0.383 e. The minimum absolute atomic E-state index is 0.0162. The van der Waals surface area contributed by atoms with Crippen molar-refractivity contribution in [3.63, 3.8) is 0 Å². The van der Waals surface area contributed by atoms with Crippen LogP contribution in [-0.2, 0) is 14.8 Å². The molecule has 0 saturated heterocycles. The van der Waals surface area contributed by atoms with Gasteiger partial charge >= 0.3 is 0 Å². The van der Waals surface area contributed by atoms with E-state index in [0.717, 1.165) is 0 Å². The van der Waals surface area contributed by atoms with Crippen LogP contribution in [0.1, 0.15) is 27.7 Å². The molecule has 0 aromatic rings. The van der Waals surface area contributed by atoms with E-state index in [2.05, 4.69) is 0 Å². The summed E-state index contributed by atoms with van der Waals surface area (Å²) in [6.07, 6.45) is 0. The van der Waals surface area contributed by atoms with Crippen LogP contribution in [0.25, 0.3) is 0 Å². The van der Waals surface area contributed by atoms with Gasteiger partial charge in [0.05, 0.1) is 11.9 Å². The predicted octanol–water partition coefficient (Wildman–Crippen LogP) is 1.08. The molecule has 0 aromatic heterocycles. The maximum atomic E-state index is 11.8. The van der Waals surface area contributed by atoms with Gasteiger partial charge in [-0.1, -0.05) is 0 Å². The van der Waals surface area contributed by atoms with E-state index in [1.54, 1.807) is 21.0 Å². The third-order valence-electron chi connectivity index (χ3n) is 2.01. The van der Waals surface area contributed by atoms with Crippen LogP contribution in [0.15, 0.2) is 0 Å². The van der Waals surface area contributed by atoms with Crippen molar-refractivity contribution in [3.05, 3.63) is 0 Å². The molecule has 0 saturated carbocycles. The highest BCUT2D eigenvalue weighted by atomic mass is 32.2. The molecule has 0 aromatic carbocycles. The summed E-state index contributed by atoms with van der Waals surface area (Å²) >= 11 is 0. The fraction of sp³-hybridized carbons (Fsp3) is 1.00. The van der Waals surface area contributed by atoms with Gasteiger partial charge in [0.15, 0.2) is 0 Å². The monoisotopic (exact) mass is 223 g/mol. The lowest BCUT2D eigenvalue weighted by Gasteiger charge is -2.27. The quantitative estimate of drug-likeness (QED) is 0.677. The standard InChI is InChI=1S/C9H21NO3S/c1-8(2)10(6-7-13-5)14(11,12)9(3)4/h8-9H,6-7H2,1-5H3. The first-order chi connectivity index (χ1) is 6.34. The van der Waals surface area contributed by atoms with E-state index >= 15 is 0 Å². The van der Waals surface area contributed by atoms with Gasteiger partial charge in [0, 0.05) is 19.7 Å². The van der Waals surface area contributed by atoms with Crippen molar-refractivity contribution in [1.29, 1.82) is 0 Å². The Morgan fingerprint density at radius 2 is 1.71 bits per heavy atom. The first-order valence-corrected chi connectivity index (χ1v) is 6.34. The number of sulfonamides is 1. The summed E-state index contributed by atoms with van der Waals surface area (Å²) in [5.74, 6) is 0. The van der Waals surface area contributed by atoms with Crippen LogP contribution in [0.3, 0.4) is 0 Å². The number of hydrogen-bond donors (Lipinski definition) is 0. The Labute approximate surface area is 87.3 Å². The first kappa shape index (κ1) is 13.9. The third kappa shape index (κ3) is 3.55. The molecule has 0 fully saturated rings. The second-order valence-electron chi connectivity index (χ2n) is 3.79. The Hall–Kier alpha value is -0.130. The second-order valence-corrected chi connectivity index (χ2v) is 6.23. The molecular formula is C9H21NO3S. The van der Waals surface area contributed by atoms with Gasteiger partial charge in [0.2, 0.25) is 10.0 Å². The molecule has 0 unspecified atom stereocenters. The molecule has 0 bridgehead atoms. The summed E-state index contributed by atoms with van der Waals surface area (Å²) in [5, 5.41) is -0.373. The SMILES string of the molecule is COCCN(C(C)C)S(=O)(=O)C(C)C. The van der Waals surface area contributed by atoms with Crippen molar-refractivity contribution in [1.82, 2.24) is 4.31 Å². The molecule has 5 heteroatoms. The largest absolute Gasteiger partial charge is 0.383 e. The Morgan fingerprint density at radius 1 is 1.21 bits per heavy atom.